The van der Waals surface area contributed by atoms with Gasteiger partial charge in [0.15, 0.2) is 5.82 Å². The van der Waals surface area contributed by atoms with Crippen molar-refractivity contribution >= 4 is 0 Å². The van der Waals surface area contributed by atoms with Crippen LogP contribution in [0.5, 0.6) is 0 Å². The smallest absolute Gasteiger partial charge is 0.230 e. The highest BCUT2D eigenvalue weighted by Gasteiger charge is 2.58. The Balaban J connectivity index is 1.72. The summed E-state index contributed by atoms with van der Waals surface area (Å²) in [5.74, 6) is 2.23. The predicted octanol–water partition coefficient (Wildman–Crippen LogP) is 1.84. The Bertz CT molecular complexity index is 354. The van der Waals surface area contributed by atoms with E-state index in [1.54, 1.807) is 0 Å². The van der Waals surface area contributed by atoms with Crippen molar-refractivity contribution in [1.82, 2.24) is 15.5 Å². The van der Waals surface area contributed by atoms with Crippen LogP contribution in [0.25, 0.3) is 0 Å². The van der Waals surface area contributed by atoms with Gasteiger partial charge in [0, 0.05) is 5.92 Å². The van der Waals surface area contributed by atoms with Crippen molar-refractivity contribution in [3.05, 3.63) is 11.7 Å². The lowest BCUT2D eigenvalue weighted by molar-refractivity contribution is 0.355. The Morgan fingerprint density at radius 3 is 3.00 bits per heavy atom. The van der Waals surface area contributed by atoms with Crippen molar-refractivity contribution in [2.24, 2.45) is 5.41 Å². The molecule has 1 aromatic heterocycles. The SMILES string of the molecule is CNCc1noc(C2CC23CCCC3)n1. The number of hydrogen-bond donors (Lipinski definition) is 1. The van der Waals surface area contributed by atoms with Gasteiger partial charge in [-0.05, 0) is 31.7 Å². The van der Waals surface area contributed by atoms with E-state index < -0.39 is 0 Å². The lowest BCUT2D eigenvalue weighted by Crippen LogP contribution is -2.06. The maximum absolute atomic E-state index is 5.33. The van der Waals surface area contributed by atoms with Crippen molar-refractivity contribution in [3.8, 4) is 0 Å². The second-order valence-electron chi connectivity index (χ2n) is 4.91. The van der Waals surface area contributed by atoms with E-state index in [1.165, 1.54) is 32.1 Å². The Morgan fingerprint density at radius 2 is 2.27 bits per heavy atom. The minimum Gasteiger partial charge on any atom is -0.339 e. The summed E-state index contributed by atoms with van der Waals surface area (Å²) in [6.07, 6.45) is 6.76. The predicted molar refractivity (Wildman–Crippen MR) is 55.3 cm³/mol. The summed E-state index contributed by atoms with van der Waals surface area (Å²) < 4.78 is 5.33. The zero-order valence-corrected chi connectivity index (χ0v) is 9.12. The van der Waals surface area contributed by atoms with E-state index in [9.17, 15) is 0 Å². The van der Waals surface area contributed by atoms with Crippen molar-refractivity contribution in [3.63, 3.8) is 0 Å². The molecule has 0 aliphatic heterocycles. The molecule has 82 valence electrons. The van der Waals surface area contributed by atoms with Crippen LogP contribution >= 0.6 is 0 Å². The van der Waals surface area contributed by atoms with Crippen LogP contribution in [0.15, 0.2) is 4.52 Å². The Kier molecular flexibility index (Phi) is 2.06. The van der Waals surface area contributed by atoms with E-state index in [4.69, 9.17) is 4.52 Å². The van der Waals surface area contributed by atoms with E-state index in [-0.39, 0.29) is 0 Å². The number of hydrogen-bond acceptors (Lipinski definition) is 4. The van der Waals surface area contributed by atoms with Gasteiger partial charge < -0.3 is 9.84 Å². The van der Waals surface area contributed by atoms with Gasteiger partial charge in [-0.1, -0.05) is 18.0 Å². The molecule has 1 aromatic rings. The molecule has 1 N–H and O–H groups in total. The van der Waals surface area contributed by atoms with Crippen LogP contribution in [0.4, 0.5) is 0 Å². The van der Waals surface area contributed by atoms with E-state index in [0.29, 0.717) is 17.9 Å². The zero-order chi connectivity index (χ0) is 10.3. The molecule has 1 atom stereocenters. The molecular weight excluding hydrogens is 190 g/mol. The molecule has 3 rings (SSSR count). The molecule has 2 saturated carbocycles. The summed E-state index contributed by atoms with van der Waals surface area (Å²) in [5.41, 5.74) is 0.559. The molecule has 2 aliphatic carbocycles. The topological polar surface area (TPSA) is 51.0 Å². The summed E-state index contributed by atoms with van der Waals surface area (Å²) in [5, 5.41) is 7.01. The Morgan fingerprint density at radius 1 is 1.47 bits per heavy atom. The number of nitrogens with zero attached hydrogens (tertiary/aromatic N) is 2. The van der Waals surface area contributed by atoms with Crippen LogP contribution in [0, 0.1) is 5.41 Å². The van der Waals surface area contributed by atoms with Crippen molar-refractivity contribution in [1.29, 1.82) is 0 Å². The van der Waals surface area contributed by atoms with Crippen LogP contribution < -0.4 is 5.32 Å². The van der Waals surface area contributed by atoms with Crippen LogP contribution in [-0.2, 0) is 6.54 Å². The molecule has 2 aliphatic rings. The highest BCUT2D eigenvalue weighted by atomic mass is 16.5. The molecule has 1 unspecified atom stereocenters. The molecular formula is C11H17N3O. The van der Waals surface area contributed by atoms with E-state index in [2.05, 4.69) is 15.5 Å². The third-order valence-electron chi connectivity index (χ3n) is 3.91. The lowest BCUT2D eigenvalue weighted by Gasteiger charge is -2.03. The van der Waals surface area contributed by atoms with Gasteiger partial charge in [0.05, 0.1) is 6.54 Å². The first-order valence-electron chi connectivity index (χ1n) is 5.81. The Labute approximate surface area is 89.4 Å². The molecule has 1 spiro atoms. The van der Waals surface area contributed by atoms with E-state index >= 15 is 0 Å². The fourth-order valence-electron chi connectivity index (χ4n) is 2.97. The van der Waals surface area contributed by atoms with Gasteiger partial charge in [-0.3, -0.25) is 0 Å². The fourth-order valence-corrected chi connectivity index (χ4v) is 2.97. The third kappa shape index (κ3) is 1.47. The highest BCUT2D eigenvalue weighted by molar-refractivity contribution is 5.18. The van der Waals surface area contributed by atoms with Gasteiger partial charge in [0.25, 0.3) is 0 Å². The van der Waals surface area contributed by atoms with E-state index in [1.807, 2.05) is 7.05 Å². The summed E-state index contributed by atoms with van der Waals surface area (Å²) in [7, 11) is 1.89. The quantitative estimate of drug-likeness (QED) is 0.821. The Hall–Kier alpha value is -0.900. The standard InChI is InChI=1S/C11H17N3O/c1-12-7-9-13-10(15-14-9)8-6-11(8)4-2-3-5-11/h8,12H,2-7H2,1H3. The van der Waals surface area contributed by atoms with Crippen molar-refractivity contribution < 1.29 is 4.52 Å². The molecule has 4 nitrogen and oxygen atoms in total. The molecule has 0 saturated heterocycles. The molecule has 0 aromatic carbocycles. The van der Waals surface area contributed by atoms with Crippen LogP contribution in [-0.4, -0.2) is 17.2 Å². The molecule has 1 heterocycles. The van der Waals surface area contributed by atoms with Gasteiger partial charge in [0.1, 0.15) is 0 Å². The maximum Gasteiger partial charge on any atom is 0.230 e. The normalized spacial score (nSPS) is 27.4. The zero-order valence-electron chi connectivity index (χ0n) is 9.12. The monoisotopic (exact) mass is 207 g/mol. The van der Waals surface area contributed by atoms with Gasteiger partial charge in [-0.25, -0.2) is 0 Å². The van der Waals surface area contributed by atoms with Gasteiger partial charge in [0.2, 0.25) is 5.89 Å². The first-order chi connectivity index (χ1) is 7.34. The first kappa shape index (κ1) is 9.33. The van der Waals surface area contributed by atoms with E-state index in [0.717, 1.165) is 11.7 Å². The lowest BCUT2D eigenvalue weighted by atomic mass is 10.0. The molecule has 0 amide bonds. The van der Waals surface area contributed by atoms with Crippen molar-refractivity contribution in [2.45, 2.75) is 44.6 Å². The average Bonchev–Trinajstić information content (AvgIpc) is 2.64. The second kappa shape index (κ2) is 3.30. The van der Waals surface area contributed by atoms with Gasteiger partial charge in [-0.15, -0.1) is 0 Å². The maximum atomic E-state index is 5.33. The molecule has 4 heteroatoms. The number of aromatic nitrogens is 2. The summed E-state index contributed by atoms with van der Waals surface area (Å²) in [4.78, 5) is 4.44. The summed E-state index contributed by atoms with van der Waals surface area (Å²) >= 11 is 0. The van der Waals surface area contributed by atoms with Crippen molar-refractivity contribution in [2.75, 3.05) is 7.05 Å². The molecule has 0 bridgehead atoms. The minimum absolute atomic E-state index is 0.559. The largest absolute Gasteiger partial charge is 0.339 e. The second-order valence-corrected chi connectivity index (χ2v) is 4.91. The van der Waals surface area contributed by atoms with Gasteiger partial charge in [-0.2, -0.15) is 4.98 Å². The summed E-state index contributed by atoms with van der Waals surface area (Å²) in [6.45, 7) is 0.698. The number of rotatable bonds is 3. The molecule has 2 fully saturated rings. The molecule has 15 heavy (non-hydrogen) atoms. The molecule has 0 radical (unpaired) electrons. The van der Waals surface area contributed by atoms with Crippen LogP contribution in [0.1, 0.15) is 49.7 Å². The van der Waals surface area contributed by atoms with Crippen LogP contribution in [0.2, 0.25) is 0 Å². The fraction of sp³-hybridized carbons (Fsp3) is 0.818. The highest BCUT2D eigenvalue weighted by Crippen LogP contribution is 2.67. The third-order valence-corrected chi connectivity index (χ3v) is 3.91. The average molecular weight is 207 g/mol. The summed E-state index contributed by atoms with van der Waals surface area (Å²) in [6, 6.07) is 0. The minimum atomic E-state index is 0.559. The van der Waals surface area contributed by atoms with Crippen LogP contribution in [0.3, 0.4) is 0 Å². The first-order valence-corrected chi connectivity index (χ1v) is 5.81. The number of nitrogens with one attached hydrogen (secondary N) is 1. The van der Waals surface area contributed by atoms with Gasteiger partial charge >= 0.3 is 0 Å².